The van der Waals surface area contributed by atoms with Gasteiger partial charge >= 0.3 is 6.09 Å². The molecule has 2 amide bonds. The number of nitrogens with zero attached hydrogens (tertiary/aromatic N) is 2. The lowest BCUT2D eigenvalue weighted by Gasteiger charge is -2.34. The number of hydrogen-bond acceptors (Lipinski definition) is 6. The lowest BCUT2D eigenvalue weighted by molar-refractivity contribution is -0.135. The van der Waals surface area contributed by atoms with E-state index < -0.39 is 5.60 Å². The van der Waals surface area contributed by atoms with Gasteiger partial charge in [-0.25, -0.2) is 4.79 Å². The van der Waals surface area contributed by atoms with Gasteiger partial charge < -0.3 is 24.0 Å². The van der Waals surface area contributed by atoms with Crippen LogP contribution < -0.4 is 9.47 Å². The van der Waals surface area contributed by atoms with E-state index in [0.29, 0.717) is 56.3 Å². The molecule has 2 aliphatic rings. The summed E-state index contributed by atoms with van der Waals surface area (Å²) in [7, 11) is 0. The number of rotatable bonds is 4. The van der Waals surface area contributed by atoms with E-state index in [1.54, 1.807) is 34.9 Å². The maximum absolute atomic E-state index is 12.4. The fourth-order valence-corrected chi connectivity index (χ4v) is 3.31. The summed E-state index contributed by atoms with van der Waals surface area (Å²) in [6.45, 7) is 7.46. The predicted octanol–water partition coefficient (Wildman–Crippen LogP) is 2.11. The lowest BCUT2D eigenvalue weighted by Crippen LogP contribution is -2.51. The van der Waals surface area contributed by atoms with Gasteiger partial charge in [-0.15, -0.1) is 0 Å². The van der Waals surface area contributed by atoms with Gasteiger partial charge in [0, 0.05) is 32.2 Å². The highest BCUT2D eigenvalue weighted by Crippen LogP contribution is 2.35. The Labute approximate surface area is 164 Å². The van der Waals surface area contributed by atoms with Crippen LogP contribution in [-0.4, -0.2) is 72.6 Å². The molecule has 1 aromatic rings. The summed E-state index contributed by atoms with van der Waals surface area (Å²) in [6.07, 6.45) is -0.0198. The monoisotopic (exact) mass is 390 g/mol. The van der Waals surface area contributed by atoms with Crippen LogP contribution in [0.3, 0.4) is 0 Å². The maximum Gasteiger partial charge on any atom is 0.409 e. The Hall–Kier alpha value is -2.77. The molecule has 152 valence electrons. The minimum atomic E-state index is -0.558. The van der Waals surface area contributed by atoms with Gasteiger partial charge in [0.25, 0.3) is 5.91 Å². The minimum Gasteiger partial charge on any atom is -0.486 e. The van der Waals surface area contributed by atoms with E-state index in [0.717, 1.165) is 0 Å². The van der Waals surface area contributed by atoms with Gasteiger partial charge in [-0.3, -0.25) is 9.59 Å². The van der Waals surface area contributed by atoms with Crippen molar-refractivity contribution >= 4 is 17.8 Å². The average Bonchev–Trinajstić information content (AvgIpc) is 2.65. The Morgan fingerprint density at radius 1 is 1.14 bits per heavy atom. The first kappa shape index (κ1) is 20.0. The van der Waals surface area contributed by atoms with Crippen molar-refractivity contribution in [2.75, 3.05) is 39.4 Å². The largest absolute Gasteiger partial charge is 0.486 e. The number of ether oxygens (including phenoxy) is 3. The van der Waals surface area contributed by atoms with Gasteiger partial charge in [0.15, 0.2) is 12.4 Å². The van der Waals surface area contributed by atoms with Crippen LogP contribution in [0.4, 0.5) is 4.79 Å². The molecule has 0 bridgehead atoms. The summed E-state index contributed by atoms with van der Waals surface area (Å²) in [5.41, 5.74) is -0.0231. The molecule has 0 N–H and O–H groups in total. The Morgan fingerprint density at radius 2 is 1.82 bits per heavy atom. The first-order valence-corrected chi connectivity index (χ1v) is 9.47. The summed E-state index contributed by atoms with van der Waals surface area (Å²) in [5.74, 6) is 0.837. The van der Waals surface area contributed by atoms with E-state index >= 15 is 0 Å². The molecule has 1 saturated heterocycles. The standard InChI is InChI=1S/C20H26N2O6/c1-4-26-19(25)22-9-7-21(8-10-22)18(24)13-27-14-5-6-15-16(23)12-20(2,3)28-17(15)11-14/h5-6,11H,4,7-10,12-13H2,1-3H3. The SMILES string of the molecule is CCOC(=O)N1CCN(C(=O)COc2ccc3c(c2)OC(C)(C)CC3=O)CC1. The maximum atomic E-state index is 12.4. The van der Waals surface area contributed by atoms with Crippen LogP contribution in [0.25, 0.3) is 0 Å². The van der Waals surface area contributed by atoms with Crippen LogP contribution in [0.15, 0.2) is 18.2 Å². The summed E-state index contributed by atoms with van der Waals surface area (Å²) in [5, 5.41) is 0. The van der Waals surface area contributed by atoms with Crippen molar-refractivity contribution in [3.63, 3.8) is 0 Å². The molecule has 2 aliphatic heterocycles. The number of ketones is 1. The van der Waals surface area contributed by atoms with Gasteiger partial charge in [0.05, 0.1) is 18.6 Å². The fraction of sp³-hybridized carbons (Fsp3) is 0.550. The number of fused-ring (bicyclic) bond motifs is 1. The van der Waals surface area contributed by atoms with Crippen molar-refractivity contribution in [1.82, 2.24) is 9.80 Å². The highest BCUT2D eigenvalue weighted by molar-refractivity contribution is 6.00. The molecular formula is C20H26N2O6. The highest BCUT2D eigenvalue weighted by Gasteiger charge is 2.32. The minimum absolute atomic E-state index is 0.0355. The zero-order chi connectivity index (χ0) is 20.3. The number of amides is 2. The molecule has 3 rings (SSSR count). The van der Waals surface area contributed by atoms with Crippen molar-refractivity contribution in [3.8, 4) is 11.5 Å². The molecule has 8 heteroatoms. The third-order valence-corrected chi connectivity index (χ3v) is 4.75. The van der Waals surface area contributed by atoms with E-state index in [2.05, 4.69) is 0 Å². The number of hydrogen-bond donors (Lipinski definition) is 0. The smallest absolute Gasteiger partial charge is 0.409 e. The molecule has 1 fully saturated rings. The lowest BCUT2D eigenvalue weighted by atomic mass is 9.93. The van der Waals surface area contributed by atoms with Crippen molar-refractivity contribution in [2.45, 2.75) is 32.8 Å². The van der Waals surface area contributed by atoms with Crippen molar-refractivity contribution < 1.29 is 28.6 Å². The molecule has 0 aromatic heterocycles. The summed E-state index contributed by atoms with van der Waals surface area (Å²) >= 11 is 0. The van der Waals surface area contributed by atoms with Crippen molar-refractivity contribution in [1.29, 1.82) is 0 Å². The van der Waals surface area contributed by atoms with Gasteiger partial charge in [0.2, 0.25) is 0 Å². The molecule has 0 aliphatic carbocycles. The topological polar surface area (TPSA) is 85.4 Å². The number of Topliss-reactive ketones (excluding diaryl/α,β-unsaturated/α-hetero) is 1. The Kier molecular flexibility index (Phi) is 5.76. The van der Waals surface area contributed by atoms with Crippen molar-refractivity contribution in [2.24, 2.45) is 0 Å². The summed E-state index contributed by atoms with van der Waals surface area (Å²) < 4.78 is 16.5. The third-order valence-electron chi connectivity index (χ3n) is 4.75. The van der Waals surface area contributed by atoms with Crippen LogP contribution in [-0.2, 0) is 9.53 Å². The Bertz CT molecular complexity index is 768. The normalized spacial score (nSPS) is 18.2. The fourth-order valence-electron chi connectivity index (χ4n) is 3.31. The number of carbonyl (C=O) groups is 3. The van der Waals surface area contributed by atoms with E-state index in [1.165, 1.54) is 0 Å². The summed E-state index contributed by atoms with van der Waals surface area (Å²) in [6, 6.07) is 5.00. The van der Waals surface area contributed by atoms with Crippen molar-refractivity contribution in [3.05, 3.63) is 23.8 Å². The predicted molar refractivity (Wildman–Crippen MR) is 101 cm³/mol. The zero-order valence-corrected chi connectivity index (χ0v) is 16.5. The van der Waals surface area contributed by atoms with Crippen LogP contribution in [0.2, 0.25) is 0 Å². The van der Waals surface area contributed by atoms with E-state index in [-0.39, 0.29) is 24.4 Å². The number of carbonyl (C=O) groups excluding carboxylic acids is 3. The highest BCUT2D eigenvalue weighted by atomic mass is 16.6. The quantitative estimate of drug-likeness (QED) is 0.783. The third kappa shape index (κ3) is 4.55. The zero-order valence-electron chi connectivity index (χ0n) is 16.5. The molecule has 8 nitrogen and oxygen atoms in total. The first-order chi connectivity index (χ1) is 13.3. The first-order valence-electron chi connectivity index (χ1n) is 9.47. The molecule has 1 aromatic carbocycles. The molecule has 0 spiro atoms. The second-order valence-electron chi connectivity index (χ2n) is 7.48. The van der Waals surface area contributed by atoms with E-state index in [4.69, 9.17) is 14.2 Å². The number of piperazine rings is 1. The second kappa shape index (κ2) is 8.08. The van der Waals surface area contributed by atoms with Gasteiger partial charge in [-0.05, 0) is 32.9 Å². The van der Waals surface area contributed by atoms with Gasteiger partial charge in [-0.1, -0.05) is 0 Å². The average molecular weight is 390 g/mol. The van der Waals surface area contributed by atoms with Crippen LogP contribution in [0.1, 0.15) is 37.6 Å². The Balaban J connectivity index is 1.53. The molecular weight excluding hydrogens is 364 g/mol. The molecule has 2 heterocycles. The molecule has 0 unspecified atom stereocenters. The van der Waals surface area contributed by atoms with E-state index in [9.17, 15) is 14.4 Å². The molecule has 0 radical (unpaired) electrons. The Morgan fingerprint density at radius 3 is 2.50 bits per heavy atom. The summed E-state index contributed by atoms with van der Waals surface area (Å²) in [4.78, 5) is 39.5. The molecule has 0 atom stereocenters. The van der Waals surface area contributed by atoms with E-state index in [1.807, 2.05) is 13.8 Å². The second-order valence-corrected chi connectivity index (χ2v) is 7.48. The van der Waals surface area contributed by atoms with Gasteiger partial charge in [0.1, 0.15) is 17.1 Å². The van der Waals surface area contributed by atoms with Gasteiger partial charge in [-0.2, -0.15) is 0 Å². The number of benzene rings is 1. The molecule has 28 heavy (non-hydrogen) atoms. The van der Waals surface area contributed by atoms with Crippen LogP contribution in [0, 0.1) is 0 Å². The van der Waals surface area contributed by atoms with Crippen LogP contribution >= 0.6 is 0 Å². The molecule has 0 saturated carbocycles. The van der Waals surface area contributed by atoms with Crippen LogP contribution in [0.5, 0.6) is 11.5 Å².